The van der Waals surface area contributed by atoms with Crippen molar-refractivity contribution in [2.45, 2.75) is 6.54 Å². The van der Waals surface area contributed by atoms with Crippen LogP contribution in [0.5, 0.6) is 0 Å². The molecule has 0 unspecified atom stereocenters. The zero-order valence-electron chi connectivity index (χ0n) is 9.61. The van der Waals surface area contributed by atoms with Crippen molar-refractivity contribution in [1.29, 1.82) is 0 Å². The first-order valence-electron chi connectivity index (χ1n) is 5.50. The number of hydrogen-bond acceptors (Lipinski definition) is 2. The summed E-state index contributed by atoms with van der Waals surface area (Å²) in [5.74, 6) is -0.254. The van der Waals surface area contributed by atoms with E-state index >= 15 is 0 Å². The van der Waals surface area contributed by atoms with E-state index < -0.39 is 0 Å². The molecule has 0 amide bonds. The van der Waals surface area contributed by atoms with Crippen LogP contribution in [0.15, 0.2) is 53.6 Å². The molecule has 0 aliphatic heterocycles. The SMILES string of the molecule is Fc1ccc(/C=N\NCc2ccccc2Cl)cc1. The van der Waals surface area contributed by atoms with Crippen LogP contribution in [-0.2, 0) is 6.54 Å². The third kappa shape index (κ3) is 3.57. The van der Waals surface area contributed by atoms with Gasteiger partial charge in [-0.1, -0.05) is 41.9 Å². The van der Waals surface area contributed by atoms with E-state index in [1.54, 1.807) is 18.3 Å². The quantitative estimate of drug-likeness (QED) is 0.661. The van der Waals surface area contributed by atoms with Gasteiger partial charge in [0.2, 0.25) is 0 Å². The highest BCUT2D eigenvalue weighted by Gasteiger charge is 1.96. The second kappa shape index (κ2) is 6.17. The number of halogens is 2. The molecular weight excluding hydrogens is 251 g/mol. The maximum absolute atomic E-state index is 12.7. The number of hydrogen-bond donors (Lipinski definition) is 1. The predicted molar refractivity (Wildman–Crippen MR) is 72.3 cm³/mol. The monoisotopic (exact) mass is 262 g/mol. The van der Waals surface area contributed by atoms with Crippen LogP contribution in [0, 0.1) is 5.82 Å². The first-order chi connectivity index (χ1) is 8.75. The third-order valence-corrected chi connectivity index (χ3v) is 2.77. The van der Waals surface area contributed by atoms with Gasteiger partial charge in [-0.25, -0.2) is 4.39 Å². The fraction of sp³-hybridized carbons (Fsp3) is 0.0714. The standard InChI is InChI=1S/C14H12ClFN2/c15-14-4-2-1-3-12(14)10-18-17-9-11-5-7-13(16)8-6-11/h1-9,18H,10H2/b17-9-. The van der Waals surface area contributed by atoms with Gasteiger partial charge in [-0.15, -0.1) is 0 Å². The van der Waals surface area contributed by atoms with Gasteiger partial charge in [-0.2, -0.15) is 5.10 Å². The number of nitrogens with zero attached hydrogens (tertiary/aromatic N) is 1. The average Bonchev–Trinajstić information content (AvgIpc) is 2.39. The van der Waals surface area contributed by atoms with Gasteiger partial charge in [0.1, 0.15) is 5.82 Å². The van der Waals surface area contributed by atoms with Gasteiger partial charge < -0.3 is 5.43 Å². The molecule has 0 saturated carbocycles. The van der Waals surface area contributed by atoms with Gasteiger partial charge in [0.25, 0.3) is 0 Å². The Labute approximate surface area is 110 Å². The molecule has 92 valence electrons. The lowest BCUT2D eigenvalue weighted by molar-refractivity contribution is 0.628. The van der Waals surface area contributed by atoms with Crippen LogP contribution in [0.4, 0.5) is 4.39 Å². The molecule has 2 aromatic rings. The largest absolute Gasteiger partial charge is 0.306 e. The van der Waals surface area contributed by atoms with E-state index in [-0.39, 0.29) is 5.82 Å². The Morgan fingerprint density at radius 3 is 2.56 bits per heavy atom. The van der Waals surface area contributed by atoms with Crippen molar-refractivity contribution in [3.8, 4) is 0 Å². The Hall–Kier alpha value is -1.87. The molecule has 2 nitrogen and oxygen atoms in total. The van der Waals surface area contributed by atoms with Gasteiger partial charge >= 0.3 is 0 Å². The van der Waals surface area contributed by atoms with Crippen LogP contribution in [-0.4, -0.2) is 6.21 Å². The van der Waals surface area contributed by atoms with Crippen LogP contribution in [0.1, 0.15) is 11.1 Å². The van der Waals surface area contributed by atoms with E-state index in [0.29, 0.717) is 11.6 Å². The normalized spacial score (nSPS) is 10.8. The first kappa shape index (κ1) is 12.6. The second-order valence-electron chi connectivity index (χ2n) is 3.74. The summed E-state index contributed by atoms with van der Waals surface area (Å²) in [4.78, 5) is 0. The van der Waals surface area contributed by atoms with E-state index in [1.165, 1.54) is 12.1 Å². The molecule has 0 atom stereocenters. The lowest BCUT2D eigenvalue weighted by atomic mass is 10.2. The van der Waals surface area contributed by atoms with Gasteiger partial charge in [-0.3, -0.25) is 0 Å². The highest BCUT2D eigenvalue weighted by atomic mass is 35.5. The fourth-order valence-electron chi connectivity index (χ4n) is 1.44. The Morgan fingerprint density at radius 2 is 1.83 bits per heavy atom. The minimum absolute atomic E-state index is 0.254. The number of rotatable bonds is 4. The van der Waals surface area contributed by atoms with Gasteiger partial charge in [0.15, 0.2) is 0 Å². The summed E-state index contributed by atoms with van der Waals surface area (Å²) in [5, 5.41) is 4.76. The average molecular weight is 263 g/mol. The van der Waals surface area contributed by atoms with Crippen LogP contribution in [0.2, 0.25) is 5.02 Å². The molecule has 0 aliphatic rings. The summed E-state index contributed by atoms with van der Waals surface area (Å²) in [5.41, 5.74) is 4.71. The summed E-state index contributed by atoms with van der Waals surface area (Å²) in [6.45, 7) is 0.553. The molecule has 0 fully saturated rings. The molecule has 0 heterocycles. The second-order valence-corrected chi connectivity index (χ2v) is 4.14. The molecule has 0 aliphatic carbocycles. The maximum Gasteiger partial charge on any atom is 0.123 e. The number of nitrogens with one attached hydrogen (secondary N) is 1. The number of hydrazone groups is 1. The summed E-state index contributed by atoms with van der Waals surface area (Å²) < 4.78 is 12.7. The molecule has 0 aromatic heterocycles. The van der Waals surface area contributed by atoms with Gasteiger partial charge in [-0.05, 0) is 29.3 Å². The molecule has 2 rings (SSSR count). The third-order valence-electron chi connectivity index (χ3n) is 2.40. The van der Waals surface area contributed by atoms with Crippen LogP contribution >= 0.6 is 11.6 Å². The zero-order valence-corrected chi connectivity index (χ0v) is 10.4. The molecule has 1 N–H and O–H groups in total. The molecule has 0 radical (unpaired) electrons. The summed E-state index contributed by atoms with van der Waals surface area (Å²) in [7, 11) is 0. The summed E-state index contributed by atoms with van der Waals surface area (Å²) in [6, 6.07) is 13.7. The van der Waals surface area contributed by atoms with Crippen molar-refractivity contribution in [3.05, 3.63) is 70.5 Å². The minimum Gasteiger partial charge on any atom is -0.306 e. The van der Waals surface area contributed by atoms with Gasteiger partial charge in [0.05, 0.1) is 12.8 Å². The van der Waals surface area contributed by atoms with Crippen molar-refractivity contribution in [3.63, 3.8) is 0 Å². The highest BCUT2D eigenvalue weighted by Crippen LogP contribution is 2.14. The van der Waals surface area contributed by atoms with Crippen LogP contribution in [0.25, 0.3) is 0 Å². The first-order valence-corrected chi connectivity index (χ1v) is 5.88. The molecule has 18 heavy (non-hydrogen) atoms. The van der Waals surface area contributed by atoms with Crippen molar-refractivity contribution >= 4 is 17.8 Å². The minimum atomic E-state index is -0.254. The molecule has 2 aromatic carbocycles. The van der Waals surface area contributed by atoms with Crippen molar-refractivity contribution in [2.75, 3.05) is 0 Å². The summed E-state index contributed by atoms with van der Waals surface area (Å²) in [6.07, 6.45) is 1.64. The molecule has 0 bridgehead atoms. The predicted octanol–water partition coefficient (Wildman–Crippen LogP) is 3.60. The van der Waals surface area contributed by atoms with Crippen molar-refractivity contribution in [2.24, 2.45) is 5.10 Å². The highest BCUT2D eigenvalue weighted by molar-refractivity contribution is 6.31. The lowest BCUT2D eigenvalue weighted by Crippen LogP contribution is -2.05. The smallest absolute Gasteiger partial charge is 0.123 e. The molecule has 0 saturated heterocycles. The van der Waals surface area contributed by atoms with Gasteiger partial charge in [0, 0.05) is 5.02 Å². The Bertz CT molecular complexity index is 538. The topological polar surface area (TPSA) is 24.4 Å². The van der Waals surface area contributed by atoms with Crippen molar-refractivity contribution in [1.82, 2.24) is 5.43 Å². The van der Waals surface area contributed by atoms with E-state index in [1.807, 2.05) is 24.3 Å². The molecule has 0 spiro atoms. The van der Waals surface area contributed by atoms with E-state index in [0.717, 1.165) is 11.1 Å². The Morgan fingerprint density at radius 1 is 1.11 bits per heavy atom. The van der Waals surface area contributed by atoms with Crippen LogP contribution in [0.3, 0.4) is 0 Å². The van der Waals surface area contributed by atoms with E-state index in [9.17, 15) is 4.39 Å². The molecular formula is C14H12ClFN2. The zero-order chi connectivity index (χ0) is 12.8. The van der Waals surface area contributed by atoms with Crippen molar-refractivity contribution < 1.29 is 4.39 Å². The van der Waals surface area contributed by atoms with E-state index in [2.05, 4.69) is 10.5 Å². The summed E-state index contributed by atoms with van der Waals surface area (Å²) >= 11 is 6.00. The fourth-order valence-corrected chi connectivity index (χ4v) is 1.64. The number of benzene rings is 2. The van der Waals surface area contributed by atoms with Crippen LogP contribution < -0.4 is 5.43 Å². The Kier molecular flexibility index (Phi) is 4.31. The Balaban J connectivity index is 1.89. The maximum atomic E-state index is 12.7. The van der Waals surface area contributed by atoms with E-state index in [4.69, 9.17) is 11.6 Å². The molecule has 4 heteroatoms. The lowest BCUT2D eigenvalue weighted by Gasteiger charge is -2.02.